The highest BCUT2D eigenvalue weighted by Crippen LogP contribution is 2.32. The van der Waals surface area contributed by atoms with Crippen molar-refractivity contribution >= 4 is 5.91 Å². The second kappa shape index (κ2) is 6.01. The van der Waals surface area contributed by atoms with Gasteiger partial charge in [-0.25, -0.2) is 4.39 Å². The van der Waals surface area contributed by atoms with E-state index in [1.54, 1.807) is 6.92 Å². The van der Waals surface area contributed by atoms with Crippen molar-refractivity contribution in [1.82, 2.24) is 5.32 Å². The molecule has 7 heteroatoms. The first kappa shape index (κ1) is 15.4. The fourth-order valence-corrected chi connectivity index (χ4v) is 1.55. The average molecular weight is 278 g/mol. The Balaban J connectivity index is 2.99. The number of nitrogens with one attached hydrogen (secondary N) is 1. The molecule has 1 aromatic carbocycles. The number of benzene rings is 1. The van der Waals surface area contributed by atoms with Crippen LogP contribution in [0.5, 0.6) is 0 Å². The molecule has 0 aliphatic rings. The summed E-state index contributed by atoms with van der Waals surface area (Å²) in [6.07, 6.45) is -4.38. The van der Waals surface area contributed by atoms with Gasteiger partial charge >= 0.3 is 6.18 Å². The van der Waals surface area contributed by atoms with Gasteiger partial charge in [0.1, 0.15) is 5.82 Å². The van der Waals surface area contributed by atoms with Gasteiger partial charge in [0, 0.05) is 6.04 Å². The van der Waals surface area contributed by atoms with Gasteiger partial charge < -0.3 is 11.1 Å². The number of nitrogens with two attached hydrogens (primary N) is 1. The number of alkyl halides is 3. The minimum absolute atomic E-state index is 0.312. The number of amides is 1. The van der Waals surface area contributed by atoms with Gasteiger partial charge in [0.15, 0.2) is 0 Å². The van der Waals surface area contributed by atoms with Crippen LogP contribution in [-0.2, 0) is 6.18 Å². The number of carbonyl (C=O) groups excluding carboxylic acids is 1. The molecule has 1 amide bonds. The summed E-state index contributed by atoms with van der Waals surface area (Å²) in [4.78, 5) is 11.7. The van der Waals surface area contributed by atoms with Crippen LogP contribution in [0.1, 0.15) is 29.3 Å². The van der Waals surface area contributed by atoms with Crippen LogP contribution in [0.2, 0.25) is 0 Å². The van der Waals surface area contributed by atoms with Gasteiger partial charge in [0.2, 0.25) is 0 Å². The molecule has 0 heterocycles. The quantitative estimate of drug-likeness (QED) is 0.830. The molecule has 3 nitrogen and oxygen atoms in total. The van der Waals surface area contributed by atoms with E-state index < -0.39 is 29.0 Å². The molecule has 1 rings (SSSR count). The fourth-order valence-electron chi connectivity index (χ4n) is 1.55. The van der Waals surface area contributed by atoms with Crippen molar-refractivity contribution < 1.29 is 22.4 Å². The number of hydrogen-bond acceptors (Lipinski definition) is 2. The smallest absolute Gasteiger partial charge is 0.349 e. The summed E-state index contributed by atoms with van der Waals surface area (Å²) >= 11 is 0. The first-order chi connectivity index (χ1) is 8.77. The van der Waals surface area contributed by atoms with E-state index in [0.717, 1.165) is 12.1 Å². The van der Waals surface area contributed by atoms with Gasteiger partial charge in [-0.3, -0.25) is 4.79 Å². The Morgan fingerprint density at radius 1 is 1.42 bits per heavy atom. The Bertz CT molecular complexity index is 460. The molecular formula is C12H14F4N2O. The number of hydrogen-bond donors (Lipinski definition) is 2. The largest absolute Gasteiger partial charge is 0.419 e. The first-order valence-corrected chi connectivity index (χ1v) is 5.64. The topological polar surface area (TPSA) is 55.1 Å². The lowest BCUT2D eigenvalue weighted by atomic mass is 10.1. The molecule has 1 aromatic rings. The molecule has 0 aliphatic heterocycles. The third-order valence-electron chi connectivity index (χ3n) is 2.53. The van der Waals surface area contributed by atoms with Crippen molar-refractivity contribution in [3.8, 4) is 0 Å². The van der Waals surface area contributed by atoms with Gasteiger partial charge in [-0.05, 0) is 32.0 Å². The van der Waals surface area contributed by atoms with E-state index >= 15 is 0 Å². The molecule has 0 radical (unpaired) electrons. The van der Waals surface area contributed by atoms with E-state index in [1.807, 2.05) is 0 Å². The fraction of sp³-hybridized carbons (Fsp3) is 0.417. The maximum Gasteiger partial charge on any atom is 0.419 e. The number of rotatable bonds is 4. The molecule has 0 fully saturated rings. The Hall–Kier alpha value is -1.63. The molecule has 0 bridgehead atoms. The Kier molecular flexibility index (Phi) is 4.88. The predicted molar refractivity (Wildman–Crippen MR) is 62.0 cm³/mol. The van der Waals surface area contributed by atoms with Crippen molar-refractivity contribution in [2.24, 2.45) is 5.73 Å². The van der Waals surface area contributed by atoms with E-state index in [-0.39, 0.29) is 6.04 Å². The molecular weight excluding hydrogens is 264 g/mol. The van der Waals surface area contributed by atoms with Crippen LogP contribution in [0, 0.1) is 5.82 Å². The van der Waals surface area contributed by atoms with Crippen molar-refractivity contribution in [2.45, 2.75) is 25.6 Å². The summed E-state index contributed by atoms with van der Waals surface area (Å²) in [6, 6.07) is 2.25. The van der Waals surface area contributed by atoms with Crippen LogP contribution in [0.3, 0.4) is 0 Å². The molecule has 0 aromatic heterocycles. The van der Waals surface area contributed by atoms with Crippen LogP contribution in [0.25, 0.3) is 0 Å². The average Bonchev–Trinajstić information content (AvgIpc) is 2.27. The van der Waals surface area contributed by atoms with Gasteiger partial charge in [0.05, 0.1) is 11.1 Å². The van der Waals surface area contributed by atoms with Crippen LogP contribution in [-0.4, -0.2) is 18.5 Å². The second-order valence-corrected chi connectivity index (χ2v) is 4.12. The third kappa shape index (κ3) is 3.92. The Morgan fingerprint density at radius 2 is 2.05 bits per heavy atom. The van der Waals surface area contributed by atoms with E-state index in [0.29, 0.717) is 19.0 Å². The van der Waals surface area contributed by atoms with Crippen LogP contribution < -0.4 is 11.1 Å². The van der Waals surface area contributed by atoms with Gasteiger partial charge in [-0.2, -0.15) is 13.2 Å². The van der Waals surface area contributed by atoms with Crippen LogP contribution >= 0.6 is 0 Å². The van der Waals surface area contributed by atoms with E-state index in [1.165, 1.54) is 0 Å². The Labute approximate surface area is 107 Å². The number of halogens is 4. The summed E-state index contributed by atoms with van der Waals surface area (Å²) in [5.41, 5.74) is 3.20. The summed E-state index contributed by atoms with van der Waals surface area (Å²) in [7, 11) is 0. The molecule has 19 heavy (non-hydrogen) atoms. The highest BCUT2D eigenvalue weighted by Gasteiger charge is 2.35. The minimum Gasteiger partial charge on any atom is -0.349 e. The molecule has 3 N–H and O–H groups in total. The molecule has 0 saturated carbocycles. The first-order valence-electron chi connectivity index (χ1n) is 5.64. The molecule has 0 aliphatic carbocycles. The van der Waals surface area contributed by atoms with Gasteiger partial charge in [-0.1, -0.05) is 6.07 Å². The van der Waals surface area contributed by atoms with Gasteiger partial charge in [-0.15, -0.1) is 0 Å². The summed E-state index contributed by atoms with van der Waals surface area (Å²) < 4.78 is 51.1. The number of carbonyl (C=O) groups is 1. The predicted octanol–water partition coefficient (Wildman–Crippen LogP) is 2.31. The maximum absolute atomic E-state index is 13.6. The Morgan fingerprint density at radius 3 is 2.58 bits per heavy atom. The lowest BCUT2D eigenvalue weighted by molar-refractivity contribution is -0.140. The zero-order valence-corrected chi connectivity index (χ0v) is 10.2. The molecule has 1 atom stereocenters. The molecule has 0 spiro atoms. The summed E-state index contributed by atoms with van der Waals surface area (Å²) in [6.45, 7) is 1.95. The minimum atomic E-state index is -4.83. The molecule has 1 unspecified atom stereocenters. The molecule has 106 valence electrons. The van der Waals surface area contributed by atoms with Gasteiger partial charge in [0.25, 0.3) is 5.91 Å². The van der Waals surface area contributed by atoms with E-state index in [9.17, 15) is 22.4 Å². The van der Waals surface area contributed by atoms with Crippen molar-refractivity contribution in [2.75, 3.05) is 6.54 Å². The summed E-state index contributed by atoms with van der Waals surface area (Å²) in [5, 5.41) is 2.39. The SMILES string of the molecule is CC(CCN)NC(=O)c1cccc(C(F)(F)F)c1F. The van der Waals surface area contributed by atoms with Crippen molar-refractivity contribution in [1.29, 1.82) is 0 Å². The van der Waals surface area contributed by atoms with E-state index in [4.69, 9.17) is 5.73 Å². The lowest BCUT2D eigenvalue weighted by Gasteiger charge is -2.14. The summed E-state index contributed by atoms with van der Waals surface area (Å²) in [5.74, 6) is -2.45. The standard InChI is InChI=1S/C12H14F4N2O/c1-7(5-6-17)18-11(19)8-3-2-4-9(10(8)13)12(14,15)16/h2-4,7H,5-6,17H2,1H3,(H,18,19). The van der Waals surface area contributed by atoms with Crippen molar-refractivity contribution in [3.05, 3.63) is 35.1 Å². The highest BCUT2D eigenvalue weighted by molar-refractivity contribution is 5.94. The highest BCUT2D eigenvalue weighted by atomic mass is 19.4. The second-order valence-electron chi connectivity index (χ2n) is 4.12. The monoisotopic (exact) mass is 278 g/mol. The zero-order valence-electron chi connectivity index (χ0n) is 10.2. The van der Waals surface area contributed by atoms with Crippen molar-refractivity contribution in [3.63, 3.8) is 0 Å². The normalized spacial score (nSPS) is 13.2. The lowest BCUT2D eigenvalue weighted by Crippen LogP contribution is -2.34. The third-order valence-corrected chi connectivity index (χ3v) is 2.53. The maximum atomic E-state index is 13.6. The van der Waals surface area contributed by atoms with E-state index in [2.05, 4.69) is 5.32 Å². The molecule has 0 saturated heterocycles. The van der Waals surface area contributed by atoms with Crippen LogP contribution in [0.15, 0.2) is 18.2 Å². The zero-order chi connectivity index (χ0) is 14.6. The van der Waals surface area contributed by atoms with Crippen LogP contribution in [0.4, 0.5) is 17.6 Å².